The standard InChI is InChI=1S/C53H108/c1-4-7-10-12-14-16-18-20-22-24-26-28-29-30-32-34-36-38-40-42-44-46-49-52-53(50-47-9-6-3)51-48-45-43-41-39-37-35-33-31-27-25-23-21-19-17-15-13-11-8-5-2/h53H,4-52H2,1-3H3. The highest BCUT2D eigenvalue weighted by molar-refractivity contribution is 4.62. The van der Waals surface area contributed by atoms with Gasteiger partial charge in [-0.05, 0) is 5.92 Å². The maximum Gasteiger partial charge on any atom is -0.0414 e. The molecule has 53 heavy (non-hydrogen) atoms. The Hall–Kier alpha value is 0. The maximum atomic E-state index is 2.37. The van der Waals surface area contributed by atoms with Crippen molar-refractivity contribution in [3.8, 4) is 0 Å². The van der Waals surface area contributed by atoms with Crippen molar-refractivity contribution in [3.05, 3.63) is 0 Å². The Morgan fingerprint density at radius 1 is 0.151 bits per heavy atom. The average molecular weight is 745 g/mol. The highest BCUT2D eigenvalue weighted by Crippen LogP contribution is 2.25. The summed E-state index contributed by atoms with van der Waals surface area (Å²) < 4.78 is 0. The lowest BCUT2D eigenvalue weighted by Gasteiger charge is -2.17. The van der Waals surface area contributed by atoms with Crippen LogP contribution in [-0.2, 0) is 0 Å². The predicted molar refractivity (Wildman–Crippen MR) is 247 cm³/mol. The van der Waals surface area contributed by atoms with Gasteiger partial charge in [0.15, 0.2) is 0 Å². The van der Waals surface area contributed by atoms with Crippen LogP contribution in [0.2, 0.25) is 0 Å². The van der Waals surface area contributed by atoms with Gasteiger partial charge in [-0.15, -0.1) is 0 Å². The lowest BCUT2D eigenvalue weighted by molar-refractivity contribution is 0.367. The first kappa shape index (κ1) is 53.0. The molecule has 0 nitrogen and oxygen atoms in total. The summed E-state index contributed by atoms with van der Waals surface area (Å²) in [6, 6.07) is 0. The summed E-state index contributed by atoms with van der Waals surface area (Å²) in [6.45, 7) is 7.00. The molecule has 0 aromatic carbocycles. The van der Waals surface area contributed by atoms with E-state index in [1.807, 2.05) is 0 Å². The second-order valence-corrected chi connectivity index (χ2v) is 18.4. The van der Waals surface area contributed by atoms with Crippen LogP contribution >= 0.6 is 0 Å². The van der Waals surface area contributed by atoms with Gasteiger partial charge >= 0.3 is 0 Å². The third-order valence-corrected chi connectivity index (χ3v) is 12.9. The quantitative estimate of drug-likeness (QED) is 0.0544. The second kappa shape index (κ2) is 50.0. The van der Waals surface area contributed by atoms with E-state index in [1.54, 1.807) is 0 Å². The van der Waals surface area contributed by atoms with Crippen LogP contribution in [0.5, 0.6) is 0 Å². The van der Waals surface area contributed by atoms with Crippen LogP contribution in [0.3, 0.4) is 0 Å². The van der Waals surface area contributed by atoms with E-state index >= 15 is 0 Å². The number of rotatable bonds is 49. The minimum Gasteiger partial charge on any atom is -0.0654 e. The molecule has 0 rings (SSSR count). The highest BCUT2D eigenvalue weighted by atomic mass is 14.1. The first-order valence-electron chi connectivity index (χ1n) is 26.3. The van der Waals surface area contributed by atoms with Crippen LogP contribution in [0.4, 0.5) is 0 Å². The largest absolute Gasteiger partial charge is 0.0654 e. The van der Waals surface area contributed by atoms with Gasteiger partial charge in [0.1, 0.15) is 0 Å². The molecule has 0 heteroatoms. The Morgan fingerprint density at radius 2 is 0.264 bits per heavy atom. The van der Waals surface area contributed by atoms with E-state index in [1.165, 1.54) is 315 Å². The zero-order valence-electron chi connectivity index (χ0n) is 38.2. The van der Waals surface area contributed by atoms with Gasteiger partial charge in [-0.25, -0.2) is 0 Å². The Labute approximate surface area is 340 Å². The molecule has 1 atom stereocenters. The Morgan fingerprint density at radius 3 is 0.434 bits per heavy atom. The van der Waals surface area contributed by atoms with Crippen molar-refractivity contribution >= 4 is 0 Å². The molecule has 0 radical (unpaired) electrons. The van der Waals surface area contributed by atoms with Crippen molar-refractivity contribution < 1.29 is 0 Å². The van der Waals surface area contributed by atoms with Crippen LogP contribution in [-0.4, -0.2) is 0 Å². The minimum absolute atomic E-state index is 1.03. The van der Waals surface area contributed by atoms with Gasteiger partial charge in [0, 0.05) is 0 Å². The topological polar surface area (TPSA) is 0 Å². The van der Waals surface area contributed by atoms with Crippen molar-refractivity contribution in [2.45, 2.75) is 335 Å². The molecule has 320 valence electrons. The van der Waals surface area contributed by atoms with Crippen LogP contribution in [0.15, 0.2) is 0 Å². The Kier molecular flexibility index (Phi) is 50.0. The summed E-state index contributed by atoms with van der Waals surface area (Å²) in [7, 11) is 0. The molecule has 0 N–H and O–H groups in total. The molecule has 1 unspecified atom stereocenters. The highest BCUT2D eigenvalue weighted by Gasteiger charge is 2.09. The fraction of sp³-hybridized carbons (Fsp3) is 1.00. The van der Waals surface area contributed by atoms with Gasteiger partial charge in [0.05, 0.1) is 0 Å². The predicted octanol–water partition coefficient (Wildman–Crippen LogP) is 20.8. The van der Waals surface area contributed by atoms with Crippen LogP contribution in [0, 0.1) is 5.92 Å². The Bertz CT molecular complexity index is 593. The third-order valence-electron chi connectivity index (χ3n) is 12.9. The lowest BCUT2D eigenvalue weighted by atomic mass is 9.89. The average Bonchev–Trinajstić information content (AvgIpc) is 3.17. The molecule has 0 aromatic heterocycles. The van der Waals surface area contributed by atoms with Crippen LogP contribution in [0.25, 0.3) is 0 Å². The summed E-state index contributed by atoms with van der Waals surface area (Å²) in [4.78, 5) is 0. The summed E-state index contributed by atoms with van der Waals surface area (Å²) in [5.74, 6) is 1.03. The molecule has 0 amide bonds. The van der Waals surface area contributed by atoms with E-state index in [0.29, 0.717) is 0 Å². The second-order valence-electron chi connectivity index (χ2n) is 18.4. The molecule has 0 aliphatic heterocycles. The molecule has 0 saturated heterocycles. The van der Waals surface area contributed by atoms with Crippen LogP contribution in [0.1, 0.15) is 335 Å². The monoisotopic (exact) mass is 745 g/mol. The van der Waals surface area contributed by atoms with Gasteiger partial charge in [0.25, 0.3) is 0 Å². The minimum atomic E-state index is 1.03. The van der Waals surface area contributed by atoms with Gasteiger partial charge in [0.2, 0.25) is 0 Å². The molecule has 0 spiro atoms. The van der Waals surface area contributed by atoms with E-state index in [2.05, 4.69) is 20.8 Å². The van der Waals surface area contributed by atoms with Gasteiger partial charge in [-0.2, -0.15) is 0 Å². The number of unbranched alkanes of at least 4 members (excludes halogenated alkanes) is 43. The van der Waals surface area contributed by atoms with E-state index in [-0.39, 0.29) is 0 Å². The van der Waals surface area contributed by atoms with E-state index < -0.39 is 0 Å². The van der Waals surface area contributed by atoms with E-state index in [0.717, 1.165) is 5.92 Å². The molecule has 0 saturated carbocycles. The molecule has 0 aromatic rings. The van der Waals surface area contributed by atoms with Gasteiger partial charge in [-0.1, -0.05) is 335 Å². The molecule has 0 aliphatic carbocycles. The number of hydrogen-bond donors (Lipinski definition) is 0. The van der Waals surface area contributed by atoms with Crippen molar-refractivity contribution in [1.29, 1.82) is 0 Å². The smallest absolute Gasteiger partial charge is 0.0414 e. The van der Waals surface area contributed by atoms with Crippen molar-refractivity contribution in [2.75, 3.05) is 0 Å². The Balaban J connectivity index is 3.46. The molecular formula is C53H108. The van der Waals surface area contributed by atoms with Crippen molar-refractivity contribution in [1.82, 2.24) is 0 Å². The van der Waals surface area contributed by atoms with Gasteiger partial charge in [-0.3, -0.25) is 0 Å². The summed E-state index contributed by atoms with van der Waals surface area (Å²) >= 11 is 0. The van der Waals surface area contributed by atoms with Crippen LogP contribution < -0.4 is 0 Å². The third kappa shape index (κ3) is 48.1. The van der Waals surface area contributed by atoms with Crippen molar-refractivity contribution in [3.63, 3.8) is 0 Å². The normalized spacial score (nSPS) is 12.3. The maximum absolute atomic E-state index is 2.37. The first-order chi connectivity index (χ1) is 26.3. The summed E-state index contributed by atoms with van der Waals surface area (Å²) in [6.07, 6.45) is 72.8. The van der Waals surface area contributed by atoms with E-state index in [4.69, 9.17) is 0 Å². The first-order valence-corrected chi connectivity index (χ1v) is 26.3. The molecule has 0 bridgehead atoms. The molecule has 0 fully saturated rings. The number of hydrogen-bond acceptors (Lipinski definition) is 0. The summed E-state index contributed by atoms with van der Waals surface area (Å²) in [5.41, 5.74) is 0. The zero-order chi connectivity index (χ0) is 38.2. The SMILES string of the molecule is CCCCCCCCCCCCCCCCCCCCCCCCCC(CCCCC)CCCCCCCCCCCCCCCCCCCCCC. The zero-order valence-corrected chi connectivity index (χ0v) is 38.2. The molecule has 0 aliphatic rings. The molecule has 0 heterocycles. The van der Waals surface area contributed by atoms with Gasteiger partial charge < -0.3 is 0 Å². The lowest BCUT2D eigenvalue weighted by Crippen LogP contribution is -2.01. The molecular weight excluding hydrogens is 637 g/mol. The van der Waals surface area contributed by atoms with E-state index in [9.17, 15) is 0 Å². The fourth-order valence-corrected chi connectivity index (χ4v) is 9.02. The fourth-order valence-electron chi connectivity index (χ4n) is 9.02. The van der Waals surface area contributed by atoms with Crippen molar-refractivity contribution in [2.24, 2.45) is 5.92 Å². The summed E-state index contributed by atoms with van der Waals surface area (Å²) in [5, 5.41) is 0.